The largest absolute Gasteiger partial charge is 0.370 e. The summed E-state index contributed by atoms with van der Waals surface area (Å²) in [7, 11) is 0. The van der Waals surface area contributed by atoms with Gasteiger partial charge in [0.05, 0.1) is 11.3 Å². The van der Waals surface area contributed by atoms with E-state index in [1.54, 1.807) is 0 Å². The van der Waals surface area contributed by atoms with Crippen molar-refractivity contribution in [3.8, 4) is 6.07 Å². The standard InChI is InChI=1S/C12H13BrN2S/c13-11-2-3-12(10(8-11)9-14)15-4-1-6-16-7-5-15/h2-3,8H,1,4-7H2. The first-order valence-corrected chi connectivity index (χ1v) is 7.28. The number of hydrogen-bond donors (Lipinski definition) is 0. The molecule has 2 nitrogen and oxygen atoms in total. The fraction of sp³-hybridized carbons (Fsp3) is 0.417. The maximum atomic E-state index is 9.14. The van der Waals surface area contributed by atoms with Crippen LogP contribution in [0.25, 0.3) is 0 Å². The van der Waals surface area contributed by atoms with Crippen LogP contribution in [0, 0.1) is 11.3 Å². The van der Waals surface area contributed by atoms with Crippen molar-refractivity contribution in [3.05, 3.63) is 28.2 Å². The zero-order chi connectivity index (χ0) is 11.4. The van der Waals surface area contributed by atoms with Crippen molar-refractivity contribution in [2.45, 2.75) is 6.42 Å². The Hall–Kier alpha value is -0.660. The summed E-state index contributed by atoms with van der Waals surface area (Å²) in [6, 6.07) is 8.22. The third-order valence-corrected chi connectivity index (χ3v) is 4.18. The Labute approximate surface area is 109 Å². The van der Waals surface area contributed by atoms with E-state index in [1.807, 2.05) is 30.0 Å². The number of rotatable bonds is 1. The summed E-state index contributed by atoms with van der Waals surface area (Å²) in [5.74, 6) is 2.38. The lowest BCUT2D eigenvalue weighted by molar-refractivity contribution is 0.815. The van der Waals surface area contributed by atoms with Gasteiger partial charge < -0.3 is 4.90 Å². The monoisotopic (exact) mass is 296 g/mol. The predicted molar refractivity (Wildman–Crippen MR) is 73.0 cm³/mol. The maximum absolute atomic E-state index is 9.14. The number of thioether (sulfide) groups is 1. The molecule has 4 heteroatoms. The smallest absolute Gasteiger partial charge is 0.101 e. The maximum Gasteiger partial charge on any atom is 0.101 e. The third-order valence-electron chi connectivity index (χ3n) is 2.64. The lowest BCUT2D eigenvalue weighted by Gasteiger charge is -2.23. The van der Waals surface area contributed by atoms with E-state index in [0.717, 1.165) is 34.6 Å². The van der Waals surface area contributed by atoms with Crippen LogP contribution in [0.3, 0.4) is 0 Å². The summed E-state index contributed by atoms with van der Waals surface area (Å²) < 4.78 is 0.969. The van der Waals surface area contributed by atoms with E-state index in [9.17, 15) is 0 Å². The van der Waals surface area contributed by atoms with Gasteiger partial charge in [-0.3, -0.25) is 0 Å². The lowest BCUT2D eigenvalue weighted by Crippen LogP contribution is -2.26. The van der Waals surface area contributed by atoms with Gasteiger partial charge in [-0.05, 0) is 30.4 Å². The molecule has 1 heterocycles. The van der Waals surface area contributed by atoms with E-state index >= 15 is 0 Å². The van der Waals surface area contributed by atoms with Gasteiger partial charge in [-0.25, -0.2) is 0 Å². The molecule has 0 aliphatic carbocycles. The fourth-order valence-electron chi connectivity index (χ4n) is 1.86. The van der Waals surface area contributed by atoms with E-state index < -0.39 is 0 Å². The molecule has 1 saturated heterocycles. The molecule has 16 heavy (non-hydrogen) atoms. The Morgan fingerprint density at radius 1 is 1.31 bits per heavy atom. The SMILES string of the molecule is N#Cc1cc(Br)ccc1N1CCCSCC1. The number of hydrogen-bond acceptors (Lipinski definition) is 3. The second-order valence-electron chi connectivity index (χ2n) is 3.73. The molecule has 0 saturated carbocycles. The molecule has 2 rings (SSSR count). The zero-order valence-corrected chi connectivity index (χ0v) is 11.4. The van der Waals surface area contributed by atoms with Crippen LogP contribution in [0.1, 0.15) is 12.0 Å². The quantitative estimate of drug-likeness (QED) is 0.796. The Morgan fingerprint density at radius 3 is 3.00 bits per heavy atom. The van der Waals surface area contributed by atoms with Crippen molar-refractivity contribution >= 4 is 33.4 Å². The molecule has 0 N–H and O–H groups in total. The fourth-order valence-corrected chi connectivity index (χ4v) is 3.11. The summed E-state index contributed by atoms with van der Waals surface area (Å²) in [6.07, 6.45) is 1.20. The second-order valence-corrected chi connectivity index (χ2v) is 5.87. The first kappa shape index (κ1) is 11.8. The highest BCUT2D eigenvalue weighted by molar-refractivity contribution is 9.10. The van der Waals surface area contributed by atoms with Crippen molar-refractivity contribution in [2.75, 3.05) is 29.5 Å². The molecule has 0 atom stereocenters. The summed E-state index contributed by atoms with van der Waals surface area (Å²) in [4.78, 5) is 2.32. The topological polar surface area (TPSA) is 27.0 Å². The minimum atomic E-state index is 0.765. The van der Waals surface area contributed by atoms with Crippen LogP contribution < -0.4 is 4.90 Å². The average Bonchev–Trinajstić information content (AvgIpc) is 2.57. The van der Waals surface area contributed by atoms with Gasteiger partial charge in [0.1, 0.15) is 6.07 Å². The van der Waals surface area contributed by atoms with Crippen molar-refractivity contribution in [1.82, 2.24) is 0 Å². The zero-order valence-electron chi connectivity index (χ0n) is 8.95. The highest BCUT2D eigenvalue weighted by atomic mass is 79.9. The molecule has 1 aliphatic rings. The van der Waals surface area contributed by atoms with Crippen LogP contribution in [0.2, 0.25) is 0 Å². The van der Waals surface area contributed by atoms with E-state index in [0.29, 0.717) is 0 Å². The number of anilines is 1. The number of nitriles is 1. The molecule has 1 aliphatic heterocycles. The van der Waals surface area contributed by atoms with E-state index in [-0.39, 0.29) is 0 Å². The highest BCUT2D eigenvalue weighted by Gasteiger charge is 2.13. The van der Waals surface area contributed by atoms with Crippen LogP contribution >= 0.6 is 27.7 Å². The van der Waals surface area contributed by atoms with E-state index in [2.05, 4.69) is 26.9 Å². The summed E-state index contributed by atoms with van der Waals surface area (Å²) in [6.45, 7) is 2.10. The molecule has 0 radical (unpaired) electrons. The van der Waals surface area contributed by atoms with Gasteiger partial charge in [0.25, 0.3) is 0 Å². The van der Waals surface area contributed by atoms with Gasteiger partial charge >= 0.3 is 0 Å². The Balaban J connectivity index is 2.28. The van der Waals surface area contributed by atoms with Gasteiger partial charge in [-0.2, -0.15) is 17.0 Å². The lowest BCUT2D eigenvalue weighted by atomic mass is 10.1. The molecule has 1 aromatic rings. The number of halogens is 1. The van der Waals surface area contributed by atoms with Crippen molar-refractivity contribution in [3.63, 3.8) is 0 Å². The third kappa shape index (κ3) is 2.72. The van der Waals surface area contributed by atoms with Gasteiger partial charge in [0, 0.05) is 23.3 Å². The Bertz CT molecular complexity index is 406. The molecule has 0 spiro atoms. The summed E-state index contributed by atoms with van der Waals surface area (Å²) in [5.41, 5.74) is 1.84. The minimum absolute atomic E-state index is 0.765. The molecule has 1 aromatic carbocycles. The normalized spacial score (nSPS) is 16.6. The molecule has 0 amide bonds. The van der Waals surface area contributed by atoms with Crippen LogP contribution in [-0.4, -0.2) is 24.6 Å². The van der Waals surface area contributed by atoms with Crippen molar-refractivity contribution in [2.24, 2.45) is 0 Å². The van der Waals surface area contributed by atoms with Crippen molar-refractivity contribution in [1.29, 1.82) is 5.26 Å². The Morgan fingerprint density at radius 2 is 2.19 bits per heavy atom. The predicted octanol–water partition coefficient (Wildman–Crippen LogP) is 3.26. The second kappa shape index (κ2) is 5.60. The molecular formula is C12H13BrN2S. The summed E-state index contributed by atoms with van der Waals surface area (Å²) in [5, 5.41) is 9.14. The molecule has 84 valence electrons. The minimum Gasteiger partial charge on any atom is -0.370 e. The molecule has 1 fully saturated rings. The first-order chi connectivity index (χ1) is 7.81. The van der Waals surface area contributed by atoms with Crippen LogP contribution in [0.4, 0.5) is 5.69 Å². The average molecular weight is 297 g/mol. The molecule has 0 aromatic heterocycles. The van der Waals surface area contributed by atoms with Gasteiger partial charge in [-0.15, -0.1) is 0 Å². The van der Waals surface area contributed by atoms with Gasteiger partial charge in [0.2, 0.25) is 0 Å². The van der Waals surface area contributed by atoms with Crippen LogP contribution in [0.5, 0.6) is 0 Å². The first-order valence-electron chi connectivity index (χ1n) is 5.33. The van der Waals surface area contributed by atoms with E-state index in [1.165, 1.54) is 12.2 Å². The number of nitrogens with zero attached hydrogens (tertiary/aromatic N) is 2. The van der Waals surface area contributed by atoms with E-state index in [4.69, 9.17) is 5.26 Å². The van der Waals surface area contributed by atoms with Crippen molar-refractivity contribution < 1.29 is 0 Å². The van der Waals surface area contributed by atoms with Crippen LogP contribution in [-0.2, 0) is 0 Å². The van der Waals surface area contributed by atoms with Crippen LogP contribution in [0.15, 0.2) is 22.7 Å². The molecule has 0 unspecified atom stereocenters. The highest BCUT2D eigenvalue weighted by Crippen LogP contribution is 2.25. The molecular weight excluding hydrogens is 284 g/mol. The van der Waals surface area contributed by atoms with Gasteiger partial charge in [0.15, 0.2) is 0 Å². The summed E-state index contributed by atoms with van der Waals surface area (Å²) >= 11 is 5.40. The van der Waals surface area contributed by atoms with Gasteiger partial charge in [-0.1, -0.05) is 15.9 Å². The molecule has 0 bridgehead atoms. The number of benzene rings is 1. The Kier molecular flexibility index (Phi) is 4.14.